The number of aromatic nitrogens is 1. The van der Waals surface area contributed by atoms with E-state index in [4.69, 9.17) is 0 Å². The Kier molecular flexibility index (Phi) is 3.64. The van der Waals surface area contributed by atoms with E-state index in [1.807, 2.05) is 34.8 Å². The highest BCUT2D eigenvalue weighted by atomic mass is 19.1. The van der Waals surface area contributed by atoms with E-state index in [1.165, 1.54) is 12.1 Å². The Morgan fingerprint density at radius 2 is 2.05 bits per heavy atom. The Hall–Kier alpha value is -2.30. The van der Waals surface area contributed by atoms with Crippen LogP contribution in [-0.4, -0.2) is 21.5 Å². The molecule has 0 saturated heterocycles. The van der Waals surface area contributed by atoms with Gasteiger partial charge in [-0.15, -0.1) is 0 Å². The van der Waals surface area contributed by atoms with Gasteiger partial charge in [0.05, 0.1) is 6.54 Å². The molecule has 1 aromatic heterocycles. The van der Waals surface area contributed by atoms with Crippen molar-refractivity contribution in [1.29, 1.82) is 0 Å². The highest BCUT2D eigenvalue weighted by Crippen LogP contribution is 2.29. The van der Waals surface area contributed by atoms with Gasteiger partial charge in [-0.05, 0) is 49.2 Å². The monoisotopic (exact) mass is 287 g/mol. The van der Waals surface area contributed by atoms with Gasteiger partial charge >= 0.3 is 6.03 Å². The predicted octanol–water partition coefficient (Wildman–Crippen LogP) is 3.36. The number of anilines is 1. The van der Waals surface area contributed by atoms with Gasteiger partial charge in [0.15, 0.2) is 0 Å². The maximum atomic E-state index is 12.9. The number of rotatable bonds is 4. The second-order valence-corrected chi connectivity index (χ2v) is 5.41. The molecule has 21 heavy (non-hydrogen) atoms. The van der Waals surface area contributed by atoms with E-state index in [-0.39, 0.29) is 11.8 Å². The molecule has 4 nitrogen and oxygen atoms in total. The van der Waals surface area contributed by atoms with E-state index in [0.717, 1.165) is 18.5 Å². The van der Waals surface area contributed by atoms with Gasteiger partial charge in [-0.3, -0.25) is 0 Å². The fourth-order valence-electron chi connectivity index (χ4n) is 2.32. The molecule has 1 aromatic carbocycles. The quantitative estimate of drug-likeness (QED) is 0.920. The summed E-state index contributed by atoms with van der Waals surface area (Å²) in [5.41, 5.74) is 1.70. The molecule has 0 atom stereocenters. The van der Waals surface area contributed by atoms with Crippen LogP contribution in [0.4, 0.5) is 14.9 Å². The van der Waals surface area contributed by atoms with Crippen LogP contribution in [0.5, 0.6) is 0 Å². The van der Waals surface area contributed by atoms with Crippen LogP contribution in [0.25, 0.3) is 0 Å². The summed E-state index contributed by atoms with van der Waals surface area (Å²) < 4.78 is 14.9. The normalized spacial score (nSPS) is 14.0. The molecule has 110 valence electrons. The SMILES string of the molecule is Cn1cccc1CN(C(=O)Nc1ccc(F)cc1)C1CC1. The van der Waals surface area contributed by atoms with Crippen molar-refractivity contribution < 1.29 is 9.18 Å². The molecule has 1 aliphatic rings. The number of hydrogen-bond acceptors (Lipinski definition) is 1. The molecule has 0 spiro atoms. The lowest BCUT2D eigenvalue weighted by Gasteiger charge is -2.23. The third kappa shape index (κ3) is 3.24. The van der Waals surface area contributed by atoms with Crippen molar-refractivity contribution in [2.75, 3.05) is 5.32 Å². The van der Waals surface area contributed by atoms with Crippen LogP contribution >= 0.6 is 0 Å². The third-order valence-electron chi connectivity index (χ3n) is 3.73. The molecule has 0 aliphatic heterocycles. The molecule has 0 unspecified atom stereocenters. The number of amides is 2. The van der Waals surface area contributed by atoms with Crippen LogP contribution in [0.1, 0.15) is 18.5 Å². The van der Waals surface area contributed by atoms with Crippen molar-refractivity contribution in [2.24, 2.45) is 7.05 Å². The summed E-state index contributed by atoms with van der Waals surface area (Å²) in [5, 5.41) is 2.83. The van der Waals surface area contributed by atoms with E-state index in [2.05, 4.69) is 5.32 Å². The van der Waals surface area contributed by atoms with Crippen molar-refractivity contribution in [3.63, 3.8) is 0 Å². The minimum Gasteiger partial charge on any atom is -0.353 e. The summed E-state index contributed by atoms with van der Waals surface area (Å²) in [6, 6.07) is 9.98. The number of nitrogens with one attached hydrogen (secondary N) is 1. The first-order valence-corrected chi connectivity index (χ1v) is 7.07. The number of carbonyl (C=O) groups is 1. The zero-order valence-corrected chi connectivity index (χ0v) is 11.9. The predicted molar refractivity (Wildman–Crippen MR) is 79.4 cm³/mol. The van der Waals surface area contributed by atoms with Crippen LogP contribution in [0.15, 0.2) is 42.6 Å². The van der Waals surface area contributed by atoms with Crippen molar-refractivity contribution >= 4 is 11.7 Å². The zero-order valence-electron chi connectivity index (χ0n) is 11.9. The van der Waals surface area contributed by atoms with Gasteiger partial charge in [0.1, 0.15) is 5.82 Å². The van der Waals surface area contributed by atoms with Crippen molar-refractivity contribution in [3.8, 4) is 0 Å². The number of benzene rings is 1. The molecule has 3 rings (SSSR count). The second kappa shape index (κ2) is 5.60. The highest BCUT2D eigenvalue weighted by Gasteiger charge is 2.33. The Bertz CT molecular complexity index is 631. The zero-order chi connectivity index (χ0) is 14.8. The first-order chi connectivity index (χ1) is 10.1. The van der Waals surface area contributed by atoms with Gasteiger partial charge < -0.3 is 14.8 Å². The lowest BCUT2D eigenvalue weighted by atomic mass is 10.3. The fraction of sp³-hybridized carbons (Fsp3) is 0.312. The van der Waals surface area contributed by atoms with Gasteiger partial charge in [-0.2, -0.15) is 0 Å². The van der Waals surface area contributed by atoms with Gasteiger partial charge in [0.25, 0.3) is 0 Å². The van der Waals surface area contributed by atoms with Crippen LogP contribution in [0, 0.1) is 5.82 Å². The molecule has 0 bridgehead atoms. The van der Waals surface area contributed by atoms with Gasteiger partial charge in [-0.25, -0.2) is 9.18 Å². The molecule has 1 saturated carbocycles. The summed E-state index contributed by atoms with van der Waals surface area (Å²) >= 11 is 0. The van der Waals surface area contributed by atoms with E-state index in [1.54, 1.807) is 12.1 Å². The van der Waals surface area contributed by atoms with Gasteiger partial charge in [0.2, 0.25) is 0 Å². The third-order valence-corrected chi connectivity index (χ3v) is 3.73. The standard InChI is InChI=1S/C16H18FN3O/c1-19-10-2-3-15(19)11-20(14-8-9-14)16(21)18-13-6-4-12(17)5-7-13/h2-7,10,14H,8-9,11H2,1H3,(H,18,21). The van der Waals surface area contributed by atoms with E-state index < -0.39 is 0 Å². The topological polar surface area (TPSA) is 37.3 Å². The van der Waals surface area contributed by atoms with E-state index in [9.17, 15) is 9.18 Å². The van der Waals surface area contributed by atoms with Crippen molar-refractivity contribution in [2.45, 2.75) is 25.4 Å². The minimum absolute atomic E-state index is 0.134. The highest BCUT2D eigenvalue weighted by molar-refractivity contribution is 5.89. The van der Waals surface area contributed by atoms with E-state index >= 15 is 0 Å². The summed E-state index contributed by atoms with van der Waals surface area (Å²) in [6.45, 7) is 0.585. The number of hydrogen-bond donors (Lipinski definition) is 1. The van der Waals surface area contributed by atoms with Crippen LogP contribution in [0.3, 0.4) is 0 Å². The molecule has 2 aromatic rings. The van der Waals surface area contributed by atoms with Crippen LogP contribution in [0.2, 0.25) is 0 Å². The molecule has 2 amide bonds. The summed E-state index contributed by atoms with van der Waals surface area (Å²) in [6.07, 6.45) is 4.06. The van der Waals surface area contributed by atoms with Crippen LogP contribution < -0.4 is 5.32 Å². The average molecular weight is 287 g/mol. The number of halogens is 1. The Balaban J connectivity index is 1.70. The molecule has 1 N–H and O–H groups in total. The van der Waals surface area contributed by atoms with Crippen molar-refractivity contribution in [1.82, 2.24) is 9.47 Å². The number of aryl methyl sites for hydroxylation is 1. The fourth-order valence-corrected chi connectivity index (χ4v) is 2.32. The number of urea groups is 1. The Labute approximate surface area is 123 Å². The summed E-state index contributed by atoms with van der Waals surface area (Å²) in [7, 11) is 1.97. The molecule has 1 heterocycles. The maximum absolute atomic E-state index is 12.9. The summed E-state index contributed by atoms with van der Waals surface area (Å²) in [4.78, 5) is 14.3. The van der Waals surface area contributed by atoms with Gasteiger partial charge in [0, 0.05) is 30.7 Å². The Morgan fingerprint density at radius 1 is 1.33 bits per heavy atom. The van der Waals surface area contributed by atoms with Crippen LogP contribution in [-0.2, 0) is 13.6 Å². The molecular weight excluding hydrogens is 269 g/mol. The smallest absolute Gasteiger partial charge is 0.322 e. The molecule has 1 fully saturated rings. The average Bonchev–Trinajstić information content (AvgIpc) is 3.22. The number of nitrogens with zero attached hydrogens (tertiary/aromatic N) is 2. The lowest BCUT2D eigenvalue weighted by molar-refractivity contribution is 0.205. The first kappa shape index (κ1) is 13.7. The maximum Gasteiger partial charge on any atom is 0.322 e. The van der Waals surface area contributed by atoms with E-state index in [0.29, 0.717) is 18.3 Å². The molecule has 1 aliphatic carbocycles. The number of carbonyl (C=O) groups excluding carboxylic acids is 1. The molecule has 0 radical (unpaired) electrons. The Morgan fingerprint density at radius 3 is 2.62 bits per heavy atom. The summed E-state index contributed by atoms with van der Waals surface area (Å²) in [5.74, 6) is -0.309. The lowest BCUT2D eigenvalue weighted by Crippen LogP contribution is -2.36. The minimum atomic E-state index is -0.309. The van der Waals surface area contributed by atoms with Gasteiger partial charge in [-0.1, -0.05) is 0 Å². The van der Waals surface area contributed by atoms with Crippen molar-refractivity contribution in [3.05, 3.63) is 54.1 Å². The first-order valence-electron chi connectivity index (χ1n) is 7.07. The molecule has 5 heteroatoms. The second-order valence-electron chi connectivity index (χ2n) is 5.41. The largest absolute Gasteiger partial charge is 0.353 e. The molecular formula is C16H18FN3O.